The topological polar surface area (TPSA) is 65.5 Å². The minimum absolute atomic E-state index is 0.258. The van der Waals surface area contributed by atoms with Gasteiger partial charge in [-0.3, -0.25) is 4.52 Å². The van der Waals surface area contributed by atoms with Gasteiger partial charge in [-0.25, -0.2) is 4.79 Å². The van der Waals surface area contributed by atoms with E-state index in [-0.39, 0.29) is 5.89 Å². The van der Waals surface area contributed by atoms with E-state index in [1.165, 1.54) is 0 Å². The second-order valence-electron chi connectivity index (χ2n) is 2.96. The van der Waals surface area contributed by atoms with Crippen molar-refractivity contribution in [2.45, 2.75) is 6.42 Å². The Bertz CT molecular complexity index is 500. The highest BCUT2D eigenvalue weighted by Gasteiger charge is 2.05. The van der Waals surface area contributed by atoms with Gasteiger partial charge in [0.05, 0.1) is 13.5 Å². The van der Waals surface area contributed by atoms with Gasteiger partial charge in [0, 0.05) is 0 Å². The zero-order chi connectivity index (χ0) is 10.7. The summed E-state index contributed by atoms with van der Waals surface area (Å²) in [4.78, 5) is 10.6. The molecule has 0 aliphatic carbocycles. The van der Waals surface area contributed by atoms with E-state index in [1.807, 2.05) is 24.3 Å². The van der Waals surface area contributed by atoms with Crippen LogP contribution in [0.25, 0.3) is 0 Å². The molecule has 0 aliphatic heterocycles. The Morgan fingerprint density at radius 2 is 2.33 bits per heavy atom. The van der Waals surface area contributed by atoms with Crippen molar-refractivity contribution in [1.29, 1.82) is 0 Å². The lowest BCUT2D eigenvalue weighted by Crippen LogP contribution is -1.91. The smallest absolute Gasteiger partial charge is 0.497 e. The van der Waals surface area contributed by atoms with E-state index in [2.05, 4.69) is 14.1 Å². The van der Waals surface area contributed by atoms with E-state index in [0.29, 0.717) is 6.42 Å². The summed E-state index contributed by atoms with van der Waals surface area (Å²) in [5, 5.41) is 3.47. The van der Waals surface area contributed by atoms with Gasteiger partial charge < -0.3 is 9.15 Å². The van der Waals surface area contributed by atoms with Crippen molar-refractivity contribution in [3.63, 3.8) is 0 Å². The molecule has 0 unspecified atom stereocenters. The first-order valence-electron chi connectivity index (χ1n) is 4.36. The fourth-order valence-electron chi connectivity index (χ4n) is 1.25. The normalized spacial score (nSPS) is 10.2. The molecule has 0 bridgehead atoms. The number of nitrogens with zero attached hydrogens (tertiary/aromatic N) is 1. The van der Waals surface area contributed by atoms with Crippen molar-refractivity contribution in [2.24, 2.45) is 0 Å². The summed E-state index contributed by atoms with van der Waals surface area (Å²) in [6.45, 7) is 0. The molecule has 1 heterocycles. The van der Waals surface area contributed by atoms with Gasteiger partial charge in [0.2, 0.25) is 5.89 Å². The van der Waals surface area contributed by atoms with Crippen molar-refractivity contribution in [1.82, 2.24) is 5.16 Å². The van der Waals surface area contributed by atoms with Crippen molar-refractivity contribution >= 4 is 0 Å². The summed E-state index contributed by atoms with van der Waals surface area (Å²) < 4.78 is 14.0. The first kappa shape index (κ1) is 9.51. The van der Waals surface area contributed by atoms with E-state index in [1.54, 1.807) is 7.11 Å². The molecule has 0 fully saturated rings. The molecular formula is C10H9NO4. The Kier molecular flexibility index (Phi) is 2.53. The summed E-state index contributed by atoms with van der Waals surface area (Å²) >= 11 is 0. The molecule has 0 saturated carbocycles. The Balaban J connectivity index is 2.20. The molecule has 1 aromatic heterocycles. The zero-order valence-electron chi connectivity index (χ0n) is 8.10. The average Bonchev–Trinajstić information content (AvgIpc) is 2.64. The van der Waals surface area contributed by atoms with Crippen LogP contribution in [-0.4, -0.2) is 12.3 Å². The highest BCUT2D eigenvalue weighted by atomic mass is 16.6. The second-order valence-corrected chi connectivity index (χ2v) is 2.96. The molecule has 0 spiro atoms. The van der Waals surface area contributed by atoms with Crippen LogP contribution in [0.4, 0.5) is 0 Å². The molecule has 0 aliphatic rings. The summed E-state index contributed by atoms with van der Waals surface area (Å²) in [5.41, 5.74) is 0.936. The minimum Gasteiger partial charge on any atom is -0.497 e. The third kappa shape index (κ3) is 2.25. The van der Waals surface area contributed by atoms with Gasteiger partial charge in [-0.15, -0.1) is 0 Å². The van der Waals surface area contributed by atoms with Crippen LogP contribution < -0.4 is 10.6 Å². The summed E-state index contributed by atoms with van der Waals surface area (Å²) in [6, 6.07) is 7.42. The largest absolute Gasteiger partial charge is 0.542 e. The van der Waals surface area contributed by atoms with Crippen LogP contribution in [0, 0.1) is 0 Å². The van der Waals surface area contributed by atoms with Crippen molar-refractivity contribution in [3.05, 3.63) is 46.3 Å². The lowest BCUT2D eigenvalue weighted by Gasteiger charge is -2.01. The number of hydrogen-bond acceptors (Lipinski definition) is 5. The molecule has 5 nitrogen and oxygen atoms in total. The van der Waals surface area contributed by atoms with Crippen LogP contribution in [0.2, 0.25) is 0 Å². The summed E-state index contributed by atoms with van der Waals surface area (Å²) in [6.07, 6.45) is 0.406. The number of benzene rings is 1. The van der Waals surface area contributed by atoms with Crippen molar-refractivity contribution in [2.75, 3.05) is 7.11 Å². The first-order valence-corrected chi connectivity index (χ1v) is 4.36. The van der Waals surface area contributed by atoms with E-state index < -0.39 is 5.82 Å². The van der Waals surface area contributed by atoms with Gasteiger partial charge in [-0.2, -0.15) is 0 Å². The number of hydrogen-bond donors (Lipinski definition) is 0. The standard InChI is InChI=1S/C10H9NO4/c1-13-8-4-2-3-7(5-8)6-9-11-15-10(12)14-9/h2-5H,6H2,1H3. The molecule has 0 saturated heterocycles. The third-order valence-electron chi connectivity index (χ3n) is 1.91. The van der Waals surface area contributed by atoms with Gasteiger partial charge >= 0.3 is 5.82 Å². The highest BCUT2D eigenvalue weighted by molar-refractivity contribution is 5.29. The maximum absolute atomic E-state index is 10.6. The van der Waals surface area contributed by atoms with Crippen LogP contribution >= 0.6 is 0 Å². The van der Waals surface area contributed by atoms with Gasteiger partial charge in [0.1, 0.15) is 5.75 Å². The quantitative estimate of drug-likeness (QED) is 0.757. The molecule has 2 aromatic rings. The SMILES string of the molecule is COc1cccc(Cc2noc(=O)o2)c1. The molecule has 0 amide bonds. The lowest BCUT2D eigenvalue weighted by molar-refractivity contribution is 0.334. The third-order valence-corrected chi connectivity index (χ3v) is 1.91. The number of methoxy groups -OCH3 is 1. The zero-order valence-corrected chi connectivity index (χ0v) is 8.10. The number of ether oxygens (including phenoxy) is 1. The van der Waals surface area contributed by atoms with Gasteiger partial charge in [0.15, 0.2) is 0 Å². The van der Waals surface area contributed by atoms with E-state index in [9.17, 15) is 4.79 Å². The van der Waals surface area contributed by atoms with E-state index in [4.69, 9.17) is 4.74 Å². The minimum atomic E-state index is -0.784. The van der Waals surface area contributed by atoms with Gasteiger partial charge in [0.25, 0.3) is 0 Å². The van der Waals surface area contributed by atoms with Crippen LogP contribution in [0.5, 0.6) is 5.75 Å². The number of rotatable bonds is 3. The molecule has 78 valence electrons. The molecule has 2 rings (SSSR count). The van der Waals surface area contributed by atoms with E-state index >= 15 is 0 Å². The highest BCUT2D eigenvalue weighted by Crippen LogP contribution is 2.14. The molecule has 0 N–H and O–H groups in total. The molecule has 5 heteroatoms. The number of aromatic nitrogens is 1. The van der Waals surface area contributed by atoms with Crippen molar-refractivity contribution < 1.29 is 13.7 Å². The molecule has 15 heavy (non-hydrogen) atoms. The second kappa shape index (κ2) is 4.00. The summed E-state index contributed by atoms with van der Waals surface area (Å²) in [7, 11) is 1.59. The summed E-state index contributed by atoms with van der Waals surface area (Å²) in [5.74, 6) is 0.222. The maximum Gasteiger partial charge on any atom is 0.542 e. The van der Waals surface area contributed by atoms with Crippen molar-refractivity contribution in [3.8, 4) is 5.75 Å². The van der Waals surface area contributed by atoms with Crippen LogP contribution in [0.3, 0.4) is 0 Å². The molecule has 0 atom stereocenters. The Morgan fingerprint density at radius 1 is 1.47 bits per heavy atom. The monoisotopic (exact) mass is 207 g/mol. The maximum atomic E-state index is 10.6. The molecule has 0 radical (unpaired) electrons. The first-order chi connectivity index (χ1) is 7.28. The lowest BCUT2D eigenvalue weighted by atomic mass is 10.1. The average molecular weight is 207 g/mol. The fraction of sp³-hybridized carbons (Fsp3) is 0.200. The molecule has 1 aromatic carbocycles. The van der Waals surface area contributed by atoms with Crippen LogP contribution in [0.1, 0.15) is 11.5 Å². The Labute approximate surface area is 85.3 Å². The Morgan fingerprint density at radius 3 is 3.00 bits per heavy atom. The van der Waals surface area contributed by atoms with Gasteiger partial charge in [-0.1, -0.05) is 12.1 Å². The van der Waals surface area contributed by atoms with Crippen LogP contribution in [-0.2, 0) is 6.42 Å². The Hall–Kier alpha value is -2.04. The van der Waals surface area contributed by atoms with E-state index in [0.717, 1.165) is 11.3 Å². The molecular weight excluding hydrogens is 198 g/mol. The van der Waals surface area contributed by atoms with Crippen LogP contribution in [0.15, 0.2) is 38.0 Å². The fourth-order valence-corrected chi connectivity index (χ4v) is 1.25. The predicted molar refractivity (Wildman–Crippen MR) is 50.8 cm³/mol. The van der Waals surface area contributed by atoms with Gasteiger partial charge in [-0.05, 0) is 22.9 Å². The predicted octanol–water partition coefficient (Wildman–Crippen LogP) is 1.23.